The summed E-state index contributed by atoms with van der Waals surface area (Å²) in [5.41, 5.74) is 25.9. The predicted octanol–water partition coefficient (Wildman–Crippen LogP) is 17.8. The van der Waals surface area contributed by atoms with Crippen LogP contribution < -0.4 is 0 Å². The SMILES string of the molecule is CC1(C)c2ccccc2C2(c3ccc(-c4ccc(-c5ccc(-c6cccc(-c7ccccc7)c6)cc5)cc4)cc3-c3c(-c4cc(-c5ccccc5)cc(-c5ccccc5)n4)cccc32)c2ccccc21. The predicted molar refractivity (Wildman–Crippen MR) is 292 cm³/mol. The quantitative estimate of drug-likeness (QED) is 0.155. The summed E-state index contributed by atoms with van der Waals surface area (Å²) in [6, 6.07) is 96.0. The molecule has 0 aliphatic heterocycles. The lowest BCUT2D eigenvalue weighted by Gasteiger charge is -2.46. The zero-order valence-corrected chi connectivity index (χ0v) is 39.3. The molecule has 0 saturated heterocycles. The van der Waals surface area contributed by atoms with Crippen LogP contribution in [0.15, 0.2) is 261 Å². The fourth-order valence-electron chi connectivity index (χ4n) is 11.8. The maximum absolute atomic E-state index is 5.55. The Morgan fingerprint density at radius 3 is 1.19 bits per heavy atom. The first-order chi connectivity index (χ1) is 34.4. The molecular weight excluding hydrogens is 843 g/mol. The maximum Gasteiger partial charge on any atom is 0.0722 e. The molecule has 330 valence electrons. The highest BCUT2D eigenvalue weighted by molar-refractivity contribution is 5.98. The maximum atomic E-state index is 5.55. The first-order valence-corrected chi connectivity index (χ1v) is 24.4. The van der Waals surface area contributed by atoms with Gasteiger partial charge in [0.25, 0.3) is 0 Å². The van der Waals surface area contributed by atoms with Crippen LogP contribution in [0.25, 0.3) is 89.3 Å². The Kier molecular flexibility index (Phi) is 9.82. The molecule has 0 bridgehead atoms. The Labute approximate surface area is 411 Å². The summed E-state index contributed by atoms with van der Waals surface area (Å²) in [5.74, 6) is 0. The van der Waals surface area contributed by atoms with E-state index in [0.717, 1.165) is 28.1 Å². The average molecular weight is 892 g/mol. The highest BCUT2D eigenvalue weighted by Crippen LogP contribution is 2.63. The van der Waals surface area contributed by atoms with E-state index in [-0.39, 0.29) is 5.41 Å². The number of hydrogen-bond acceptors (Lipinski definition) is 1. The average Bonchev–Trinajstić information content (AvgIpc) is 3.74. The van der Waals surface area contributed by atoms with Crippen LogP contribution >= 0.6 is 0 Å². The van der Waals surface area contributed by atoms with E-state index in [9.17, 15) is 0 Å². The summed E-state index contributed by atoms with van der Waals surface area (Å²) in [7, 11) is 0. The van der Waals surface area contributed by atoms with Crippen molar-refractivity contribution in [1.82, 2.24) is 4.98 Å². The van der Waals surface area contributed by atoms with E-state index in [1.54, 1.807) is 0 Å². The lowest BCUT2D eigenvalue weighted by Crippen LogP contribution is -2.40. The van der Waals surface area contributed by atoms with Crippen molar-refractivity contribution in [3.05, 3.63) is 294 Å². The van der Waals surface area contributed by atoms with Gasteiger partial charge in [0.15, 0.2) is 0 Å². The molecule has 11 aromatic rings. The van der Waals surface area contributed by atoms with Gasteiger partial charge in [0.05, 0.1) is 16.8 Å². The normalized spacial score (nSPS) is 13.5. The lowest BCUT2D eigenvalue weighted by molar-refractivity contribution is 0.563. The van der Waals surface area contributed by atoms with Gasteiger partial charge >= 0.3 is 0 Å². The van der Waals surface area contributed by atoms with Crippen molar-refractivity contribution in [2.24, 2.45) is 0 Å². The highest BCUT2D eigenvalue weighted by Gasteiger charge is 2.53. The van der Waals surface area contributed by atoms with Crippen LogP contribution in [0.1, 0.15) is 47.2 Å². The number of rotatable bonds is 7. The van der Waals surface area contributed by atoms with Gasteiger partial charge in [-0.1, -0.05) is 250 Å². The second kappa shape index (κ2) is 16.5. The van der Waals surface area contributed by atoms with Crippen LogP contribution in [0.3, 0.4) is 0 Å². The van der Waals surface area contributed by atoms with Crippen molar-refractivity contribution in [2.75, 3.05) is 0 Å². The molecule has 0 N–H and O–H groups in total. The fourth-order valence-corrected chi connectivity index (χ4v) is 11.8. The first kappa shape index (κ1) is 41.5. The number of pyridine rings is 1. The molecule has 2 aliphatic rings. The molecule has 0 saturated carbocycles. The van der Waals surface area contributed by atoms with Crippen LogP contribution in [-0.2, 0) is 10.8 Å². The van der Waals surface area contributed by atoms with E-state index in [1.807, 2.05) is 0 Å². The molecule has 0 fully saturated rings. The lowest BCUT2D eigenvalue weighted by atomic mass is 9.55. The van der Waals surface area contributed by atoms with Crippen LogP contribution in [0, 0.1) is 0 Å². The summed E-state index contributed by atoms with van der Waals surface area (Å²) in [5, 5.41) is 0. The van der Waals surface area contributed by atoms with Gasteiger partial charge in [-0.15, -0.1) is 0 Å². The number of nitrogens with zero attached hydrogens (tertiary/aromatic N) is 1. The molecule has 70 heavy (non-hydrogen) atoms. The zero-order valence-electron chi connectivity index (χ0n) is 39.3. The number of hydrogen-bond donors (Lipinski definition) is 0. The number of fused-ring (bicyclic) bond motifs is 9. The molecule has 1 aromatic heterocycles. The molecule has 1 nitrogen and oxygen atoms in total. The van der Waals surface area contributed by atoms with Crippen molar-refractivity contribution < 1.29 is 0 Å². The van der Waals surface area contributed by atoms with Crippen molar-refractivity contribution >= 4 is 0 Å². The summed E-state index contributed by atoms with van der Waals surface area (Å²) in [4.78, 5) is 5.55. The third kappa shape index (κ3) is 6.65. The van der Waals surface area contributed by atoms with Gasteiger partial charge in [0.2, 0.25) is 0 Å². The van der Waals surface area contributed by atoms with Crippen LogP contribution in [0.5, 0.6) is 0 Å². The molecule has 0 radical (unpaired) electrons. The summed E-state index contributed by atoms with van der Waals surface area (Å²) < 4.78 is 0. The molecule has 1 spiro atoms. The molecule has 1 heterocycles. The van der Waals surface area contributed by atoms with Gasteiger partial charge < -0.3 is 0 Å². The minimum Gasteiger partial charge on any atom is -0.248 e. The van der Waals surface area contributed by atoms with E-state index < -0.39 is 5.41 Å². The van der Waals surface area contributed by atoms with Crippen molar-refractivity contribution in [3.63, 3.8) is 0 Å². The van der Waals surface area contributed by atoms with Gasteiger partial charge in [-0.25, -0.2) is 4.98 Å². The van der Waals surface area contributed by atoms with Crippen LogP contribution in [-0.4, -0.2) is 4.98 Å². The monoisotopic (exact) mass is 891 g/mol. The van der Waals surface area contributed by atoms with Crippen molar-refractivity contribution in [1.29, 1.82) is 0 Å². The van der Waals surface area contributed by atoms with E-state index >= 15 is 0 Å². The standard InChI is InChI=1S/C69H49N/c1-68(2)60-27-12-14-29-62(60)69(63-30-15-13-28-61(63)68)59-41-40-55(51-38-34-49(35-39-51)48-32-36-50(37-33-48)54-25-16-24-53(42-54)46-18-6-3-7-19-46)43-58(59)67-57(26-17-31-64(67)69)66-45-56(47-20-8-4-9-21-47)44-65(70-66)52-22-10-5-11-23-52/h3-45H,1-2H3. The van der Waals surface area contributed by atoms with E-state index in [2.05, 4.69) is 275 Å². The Morgan fingerprint density at radius 2 is 0.629 bits per heavy atom. The molecule has 0 atom stereocenters. The first-order valence-electron chi connectivity index (χ1n) is 24.4. The van der Waals surface area contributed by atoms with Gasteiger partial charge in [0, 0.05) is 16.5 Å². The molecule has 13 rings (SSSR count). The Balaban J connectivity index is 0.964. The van der Waals surface area contributed by atoms with Gasteiger partial charge in [0.1, 0.15) is 0 Å². The third-order valence-electron chi connectivity index (χ3n) is 15.2. The van der Waals surface area contributed by atoms with Gasteiger partial charge in [-0.05, 0) is 124 Å². The zero-order chi connectivity index (χ0) is 46.8. The van der Waals surface area contributed by atoms with E-state index in [4.69, 9.17) is 4.98 Å². The molecular formula is C69H49N. The Morgan fingerprint density at radius 1 is 0.243 bits per heavy atom. The van der Waals surface area contributed by atoms with Crippen LogP contribution in [0.4, 0.5) is 0 Å². The Bertz CT molecular complexity index is 3650. The number of aromatic nitrogens is 1. The van der Waals surface area contributed by atoms with Crippen molar-refractivity contribution in [2.45, 2.75) is 24.7 Å². The topological polar surface area (TPSA) is 12.9 Å². The van der Waals surface area contributed by atoms with Gasteiger partial charge in [-0.3, -0.25) is 0 Å². The molecule has 0 unspecified atom stereocenters. The smallest absolute Gasteiger partial charge is 0.0722 e. The number of benzene rings is 10. The van der Waals surface area contributed by atoms with Crippen LogP contribution in [0.2, 0.25) is 0 Å². The summed E-state index contributed by atoms with van der Waals surface area (Å²) >= 11 is 0. The fraction of sp³-hybridized carbons (Fsp3) is 0.0580. The summed E-state index contributed by atoms with van der Waals surface area (Å²) in [6.07, 6.45) is 0. The highest BCUT2D eigenvalue weighted by atomic mass is 14.7. The minimum absolute atomic E-state index is 0.190. The van der Waals surface area contributed by atoms with E-state index in [0.29, 0.717) is 0 Å². The second-order valence-corrected chi connectivity index (χ2v) is 19.4. The molecule has 1 heteroatoms. The van der Waals surface area contributed by atoms with E-state index in [1.165, 1.54) is 94.6 Å². The largest absolute Gasteiger partial charge is 0.248 e. The van der Waals surface area contributed by atoms with Gasteiger partial charge in [-0.2, -0.15) is 0 Å². The molecule has 10 aromatic carbocycles. The third-order valence-corrected chi connectivity index (χ3v) is 15.2. The Hall–Kier alpha value is -8.65. The molecule has 2 aliphatic carbocycles. The molecule has 0 amide bonds. The van der Waals surface area contributed by atoms with Crippen molar-refractivity contribution in [3.8, 4) is 89.3 Å². The second-order valence-electron chi connectivity index (χ2n) is 19.4. The summed E-state index contributed by atoms with van der Waals surface area (Å²) in [6.45, 7) is 4.78. The minimum atomic E-state index is -0.542.